The fourth-order valence-electron chi connectivity index (χ4n) is 3.82. The first-order valence-electron chi connectivity index (χ1n) is 10.4. The molecule has 0 amide bonds. The number of hydrogen-bond donors (Lipinski definition) is 1. The second-order valence-electron chi connectivity index (χ2n) is 7.67. The lowest BCUT2D eigenvalue weighted by Crippen LogP contribution is -2.08. The molecule has 1 aliphatic rings. The minimum Gasteiger partial charge on any atom is -0.457 e. The van der Waals surface area contributed by atoms with Crippen molar-refractivity contribution >= 4 is 11.7 Å². The Morgan fingerprint density at radius 2 is 1.87 bits per heavy atom. The predicted molar refractivity (Wildman–Crippen MR) is 115 cm³/mol. The Kier molecular flexibility index (Phi) is 6.38. The van der Waals surface area contributed by atoms with Crippen LogP contribution >= 0.6 is 0 Å². The quantitative estimate of drug-likeness (QED) is 0.502. The number of esters is 1. The Morgan fingerprint density at radius 1 is 1.07 bits per heavy atom. The maximum absolute atomic E-state index is 14.5. The average molecular weight is 404 g/mol. The summed E-state index contributed by atoms with van der Waals surface area (Å²) in [7, 11) is 0. The standard InChI is InChI=1S/C25H25FN2O2/c26-23-14-20(25(29)30-17-18-6-2-1-3-7-18)11-13-24(23)28-16-22-12-10-21(15-27-22)19-8-4-5-9-19/h1-3,6-7,10-15,19,28H,4-5,8-9,16-17H2. The van der Waals surface area contributed by atoms with Crippen molar-refractivity contribution in [3.05, 3.63) is 95.1 Å². The van der Waals surface area contributed by atoms with Crippen LogP contribution in [-0.2, 0) is 17.9 Å². The van der Waals surface area contributed by atoms with Crippen molar-refractivity contribution in [2.75, 3.05) is 5.32 Å². The van der Waals surface area contributed by atoms with Crippen molar-refractivity contribution in [2.45, 2.75) is 44.8 Å². The molecule has 154 valence electrons. The van der Waals surface area contributed by atoms with Gasteiger partial charge >= 0.3 is 5.97 Å². The molecule has 1 fully saturated rings. The molecule has 0 unspecified atom stereocenters. The van der Waals surface area contributed by atoms with Crippen molar-refractivity contribution in [1.82, 2.24) is 4.98 Å². The van der Waals surface area contributed by atoms with Crippen molar-refractivity contribution in [1.29, 1.82) is 0 Å². The molecule has 0 spiro atoms. The van der Waals surface area contributed by atoms with E-state index >= 15 is 0 Å². The normalized spacial score (nSPS) is 13.9. The molecule has 0 radical (unpaired) electrons. The summed E-state index contributed by atoms with van der Waals surface area (Å²) in [5.41, 5.74) is 3.55. The monoisotopic (exact) mass is 404 g/mol. The van der Waals surface area contributed by atoms with Crippen molar-refractivity contribution in [3.63, 3.8) is 0 Å². The van der Waals surface area contributed by atoms with E-state index in [0.717, 1.165) is 11.3 Å². The molecule has 30 heavy (non-hydrogen) atoms. The Bertz CT molecular complexity index is 984. The summed E-state index contributed by atoms with van der Waals surface area (Å²) in [6, 6.07) is 17.8. The molecular formula is C25H25FN2O2. The number of rotatable bonds is 7. The van der Waals surface area contributed by atoms with E-state index in [-0.39, 0.29) is 12.2 Å². The first kappa shape index (κ1) is 20.1. The Labute approximate surface area is 176 Å². The lowest BCUT2D eigenvalue weighted by Gasteiger charge is -2.11. The molecule has 0 aliphatic heterocycles. The molecule has 1 saturated carbocycles. The first-order valence-corrected chi connectivity index (χ1v) is 10.4. The van der Waals surface area contributed by atoms with Crippen LogP contribution in [0, 0.1) is 5.82 Å². The molecule has 0 bridgehead atoms. The van der Waals surface area contributed by atoms with E-state index in [0.29, 0.717) is 18.2 Å². The van der Waals surface area contributed by atoms with E-state index in [1.54, 1.807) is 12.1 Å². The summed E-state index contributed by atoms with van der Waals surface area (Å²) in [6.45, 7) is 0.573. The third kappa shape index (κ3) is 5.03. The smallest absolute Gasteiger partial charge is 0.338 e. The fraction of sp³-hybridized carbons (Fsp3) is 0.280. The number of nitrogens with one attached hydrogen (secondary N) is 1. The number of carbonyl (C=O) groups excluding carboxylic acids is 1. The van der Waals surface area contributed by atoms with E-state index in [1.807, 2.05) is 42.6 Å². The van der Waals surface area contributed by atoms with Gasteiger partial charge in [-0.2, -0.15) is 0 Å². The number of halogens is 1. The highest BCUT2D eigenvalue weighted by molar-refractivity contribution is 5.89. The minimum atomic E-state index is -0.548. The van der Waals surface area contributed by atoms with Crippen molar-refractivity contribution in [2.24, 2.45) is 0 Å². The number of pyridine rings is 1. The number of nitrogens with zero attached hydrogens (tertiary/aromatic N) is 1. The Morgan fingerprint density at radius 3 is 2.57 bits per heavy atom. The molecule has 1 aromatic heterocycles. The number of hydrogen-bond acceptors (Lipinski definition) is 4. The molecule has 0 atom stereocenters. The average Bonchev–Trinajstić information content (AvgIpc) is 3.33. The van der Waals surface area contributed by atoms with Gasteiger partial charge in [-0.15, -0.1) is 0 Å². The lowest BCUT2D eigenvalue weighted by molar-refractivity contribution is 0.0472. The summed E-state index contributed by atoms with van der Waals surface area (Å²) in [6.07, 6.45) is 7.01. The number of carbonyl (C=O) groups is 1. The second kappa shape index (κ2) is 9.53. The second-order valence-corrected chi connectivity index (χ2v) is 7.67. The molecule has 5 heteroatoms. The number of benzene rings is 2. The van der Waals surface area contributed by atoms with E-state index in [1.165, 1.54) is 37.3 Å². The van der Waals surface area contributed by atoms with Crippen LogP contribution in [-0.4, -0.2) is 11.0 Å². The highest BCUT2D eigenvalue weighted by atomic mass is 19.1. The topological polar surface area (TPSA) is 51.2 Å². The van der Waals surface area contributed by atoms with Crippen molar-refractivity contribution < 1.29 is 13.9 Å². The zero-order valence-electron chi connectivity index (χ0n) is 16.8. The van der Waals surface area contributed by atoms with Crippen LogP contribution < -0.4 is 5.32 Å². The van der Waals surface area contributed by atoms with Gasteiger partial charge in [0, 0.05) is 6.20 Å². The van der Waals surface area contributed by atoms with Gasteiger partial charge < -0.3 is 10.1 Å². The van der Waals surface area contributed by atoms with Gasteiger partial charge in [-0.1, -0.05) is 49.2 Å². The molecule has 1 heterocycles. The van der Waals surface area contributed by atoms with Gasteiger partial charge in [-0.05, 0) is 54.2 Å². The van der Waals surface area contributed by atoms with Gasteiger partial charge in [-0.25, -0.2) is 9.18 Å². The Hall–Kier alpha value is -3.21. The molecule has 2 aromatic carbocycles. The van der Waals surface area contributed by atoms with Gasteiger partial charge in [0.1, 0.15) is 12.4 Å². The SMILES string of the molecule is O=C(OCc1ccccc1)c1ccc(NCc2ccc(C3CCCC3)cn2)c(F)c1. The zero-order chi connectivity index (χ0) is 20.8. The summed E-state index contributed by atoms with van der Waals surface area (Å²) in [4.78, 5) is 16.7. The number of anilines is 1. The van der Waals surface area contributed by atoms with Gasteiger partial charge in [0.25, 0.3) is 0 Å². The van der Waals surface area contributed by atoms with Crippen molar-refractivity contribution in [3.8, 4) is 0 Å². The van der Waals surface area contributed by atoms with E-state index < -0.39 is 11.8 Å². The van der Waals surface area contributed by atoms with Crippen LogP contribution in [0.1, 0.15) is 58.8 Å². The molecule has 0 saturated heterocycles. The Balaban J connectivity index is 1.32. The molecular weight excluding hydrogens is 379 g/mol. The van der Waals surface area contributed by atoms with Crippen LogP contribution in [0.15, 0.2) is 66.9 Å². The summed E-state index contributed by atoms with van der Waals surface area (Å²) in [5.74, 6) is -0.411. The maximum atomic E-state index is 14.5. The van der Waals surface area contributed by atoms with Gasteiger partial charge in [-0.3, -0.25) is 4.98 Å². The van der Waals surface area contributed by atoms with E-state index in [9.17, 15) is 9.18 Å². The predicted octanol–water partition coefficient (Wildman–Crippen LogP) is 5.85. The summed E-state index contributed by atoms with van der Waals surface area (Å²) in [5, 5.41) is 3.05. The lowest BCUT2D eigenvalue weighted by atomic mass is 9.99. The molecule has 3 aromatic rings. The summed E-state index contributed by atoms with van der Waals surface area (Å²) < 4.78 is 19.7. The molecule has 4 rings (SSSR count). The van der Waals surface area contributed by atoms with Gasteiger partial charge in [0.2, 0.25) is 0 Å². The molecule has 1 aliphatic carbocycles. The third-order valence-corrected chi connectivity index (χ3v) is 5.55. The highest BCUT2D eigenvalue weighted by Crippen LogP contribution is 2.33. The van der Waals surface area contributed by atoms with Crippen LogP contribution in [0.25, 0.3) is 0 Å². The van der Waals surface area contributed by atoms with Crippen LogP contribution in [0.5, 0.6) is 0 Å². The first-order chi connectivity index (χ1) is 14.7. The molecule has 1 N–H and O–H groups in total. The van der Waals surface area contributed by atoms with Crippen LogP contribution in [0.2, 0.25) is 0 Å². The number of ether oxygens (including phenoxy) is 1. The maximum Gasteiger partial charge on any atom is 0.338 e. The highest BCUT2D eigenvalue weighted by Gasteiger charge is 2.17. The minimum absolute atomic E-state index is 0.157. The fourth-order valence-corrected chi connectivity index (χ4v) is 3.82. The zero-order valence-corrected chi connectivity index (χ0v) is 16.8. The largest absolute Gasteiger partial charge is 0.457 e. The summed E-state index contributed by atoms with van der Waals surface area (Å²) >= 11 is 0. The van der Waals surface area contributed by atoms with E-state index in [2.05, 4.69) is 16.4 Å². The van der Waals surface area contributed by atoms with Gasteiger partial charge in [0.15, 0.2) is 0 Å². The molecule has 4 nitrogen and oxygen atoms in total. The van der Waals surface area contributed by atoms with Gasteiger partial charge in [0.05, 0.1) is 23.5 Å². The van der Waals surface area contributed by atoms with E-state index in [4.69, 9.17) is 4.74 Å². The van der Waals surface area contributed by atoms with Crippen LogP contribution in [0.3, 0.4) is 0 Å². The third-order valence-electron chi connectivity index (χ3n) is 5.55. The number of aromatic nitrogens is 1. The van der Waals surface area contributed by atoms with Crippen LogP contribution in [0.4, 0.5) is 10.1 Å².